The monoisotopic (exact) mass is 591 g/mol. The van der Waals surface area contributed by atoms with Crippen molar-refractivity contribution in [2.24, 2.45) is 57.0 Å². The average molecular weight is 592 g/mol. The molecule has 0 aromatic carbocycles. The Morgan fingerprint density at radius 2 is 1.57 bits per heavy atom. The molecule has 0 heterocycles. The Hall–Kier alpha value is -0.690. The Kier molecular flexibility index (Phi) is 9.18. The molecule has 0 spiro atoms. The van der Waals surface area contributed by atoms with E-state index >= 15 is 0 Å². The molecular weight excluding hydrogens is 526 g/mol. The summed E-state index contributed by atoms with van der Waals surface area (Å²) in [6.07, 6.45) is 9.11. The van der Waals surface area contributed by atoms with Gasteiger partial charge in [0.25, 0.3) is 0 Å². The van der Waals surface area contributed by atoms with E-state index in [9.17, 15) is 20.1 Å². The van der Waals surface area contributed by atoms with E-state index in [4.69, 9.17) is 10.5 Å². The number of carbonyl (C=O) groups excluding carboxylic acids is 1. The van der Waals surface area contributed by atoms with Gasteiger partial charge in [0.2, 0.25) is 0 Å². The van der Waals surface area contributed by atoms with Gasteiger partial charge in [-0.15, -0.1) is 0 Å². The maximum Gasteiger partial charge on any atom is 0.323 e. The lowest BCUT2D eigenvalue weighted by Gasteiger charge is -2.70. The van der Waals surface area contributed by atoms with E-state index in [0.717, 1.165) is 57.8 Å². The van der Waals surface area contributed by atoms with Gasteiger partial charge in [0.05, 0.1) is 17.3 Å². The Labute approximate surface area is 256 Å². The molecule has 6 nitrogen and oxygen atoms in total. The van der Waals surface area contributed by atoms with Crippen LogP contribution in [-0.2, 0) is 9.53 Å². The highest BCUT2D eigenvalue weighted by molar-refractivity contribution is 5.76. The lowest BCUT2D eigenvalue weighted by Crippen LogP contribution is -2.67. The van der Waals surface area contributed by atoms with Gasteiger partial charge in [-0.3, -0.25) is 4.79 Å². The van der Waals surface area contributed by atoms with Crippen LogP contribution in [-0.4, -0.2) is 50.7 Å². The number of aliphatic hydroxyl groups is 3. The standard InChI is InChI=1S/C36H65NO5/c1-11-22(2)29(37)30(39)42-27-15-18-33(7)25(32(27,5)6)14-20-34(8)26(33)21-24(38)28-23(13-19-35(28,34)9)36(10,41)17-12-16-31(3,4)40/h22-29,38,40-41H,11-21,37H2,1-10H3/t22-,23?,24+,25+,26+,27-,28-,29-,33-,34+,35+,36+/m0/s1. The van der Waals surface area contributed by atoms with Gasteiger partial charge in [0.1, 0.15) is 12.1 Å². The summed E-state index contributed by atoms with van der Waals surface area (Å²) in [5, 5.41) is 34.0. The molecule has 0 amide bonds. The van der Waals surface area contributed by atoms with Crippen molar-refractivity contribution in [3.05, 3.63) is 0 Å². The molecule has 0 radical (unpaired) electrons. The first-order chi connectivity index (χ1) is 19.2. The summed E-state index contributed by atoms with van der Waals surface area (Å²) in [5.74, 6) is 0.731. The van der Waals surface area contributed by atoms with Gasteiger partial charge in [-0.1, -0.05) is 54.9 Å². The van der Waals surface area contributed by atoms with Crippen LogP contribution in [0, 0.1) is 51.2 Å². The molecule has 4 rings (SSSR count). The molecule has 1 unspecified atom stereocenters. The molecule has 42 heavy (non-hydrogen) atoms. The summed E-state index contributed by atoms with van der Waals surface area (Å²) < 4.78 is 6.20. The van der Waals surface area contributed by atoms with Crippen LogP contribution in [0.1, 0.15) is 140 Å². The maximum atomic E-state index is 13.0. The minimum Gasteiger partial charge on any atom is -0.461 e. The molecule has 0 aromatic heterocycles. The molecule has 5 N–H and O–H groups in total. The predicted octanol–water partition coefficient (Wildman–Crippen LogP) is 6.62. The molecule has 4 saturated carbocycles. The number of hydrogen-bond donors (Lipinski definition) is 4. The van der Waals surface area contributed by atoms with Crippen LogP contribution in [0.25, 0.3) is 0 Å². The number of aliphatic hydroxyl groups excluding tert-OH is 1. The van der Waals surface area contributed by atoms with Crippen molar-refractivity contribution < 1.29 is 24.9 Å². The minimum atomic E-state index is -0.862. The van der Waals surface area contributed by atoms with Crippen LogP contribution in [0.15, 0.2) is 0 Å². The summed E-state index contributed by atoms with van der Waals surface area (Å²) >= 11 is 0. The number of ether oxygens (including phenoxy) is 1. The second-order valence-corrected chi connectivity index (χ2v) is 17.7. The second kappa shape index (κ2) is 11.3. The first-order valence-electron chi connectivity index (χ1n) is 17.2. The number of nitrogens with two attached hydrogens (primary N) is 1. The molecule has 12 atom stereocenters. The quantitative estimate of drug-likeness (QED) is 0.224. The zero-order valence-corrected chi connectivity index (χ0v) is 28.6. The highest BCUT2D eigenvalue weighted by atomic mass is 16.5. The Bertz CT molecular complexity index is 988. The molecule has 0 aromatic rings. The van der Waals surface area contributed by atoms with Gasteiger partial charge in [0.15, 0.2) is 0 Å². The summed E-state index contributed by atoms with van der Waals surface area (Å²) in [7, 11) is 0. The SMILES string of the molecule is CC[C@H](C)[C@H](N)C(=O)O[C@H]1CC[C@@]2(C)[C@H](CC[C@]3(C)[C@@H]2C[C@@H](O)[C@@H]2C([C@](C)(O)CCCC(C)(C)O)CC[C@]23C)C1(C)C. The van der Waals surface area contributed by atoms with Crippen LogP contribution in [0.3, 0.4) is 0 Å². The molecule has 4 fully saturated rings. The zero-order valence-electron chi connectivity index (χ0n) is 28.6. The van der Waals surface area contributed by atoms with Crippen LogP contribution >= 0.6 is 0 Å². The molecule has 0 aliphatic heterocycles. The van der Waals surface area contributed by atoms with Gasteiger partial charge in [-0.2, -0.15) is 0 Å². The second-order valence-electron chi connectivity index (χ2n) is 17.7. The lowest BCUT2D eigenvalue weighted by molar-refractivity contribution is -0.249. The fourth-order valence-corrected chi connectivity index (χ4v) is 11.4. The maximum absolute atomic E-state index is 13.0. The molecule has 4 aliphatic carbocycles. The average Bonchev–Trinajstić information content (AvgIpc) is 3.26. The van der Waals surface area contributed by atoms with Gasteiger partial charge < -0.3 is 25.8 Å². The van der Waals surface area contributed by atoms with Crippen LogP contribution in [0.2, 0.25) is 0 Å². The Morgan fingerprint density at radius 1 is 0.952 bits per heavy atom. The summed E-state index contributed by atoms with van der Waals surface area (Å²) in [6.45, 7) is 21.7. The van der Waals surface area contributed by atoms with Crippen molar-refractivity contribution in [1.29, 1.82) is 0 Å². The van der Waals surface area contributed by atoms with Crippen LogP contribution < -0.4 is 5.73 Å². The van der Waals surface area contributed by atoms with Crippen molar-refractivity contribution >= 4 is 5.97 Å². The molecular formula is C36H65NO5. The van der Waals surface area contributed by atoms with Gasteiger partial charge >= 0.3 is 5.97 Å². The number of carbonyl (C=O) groups is 1. The van der Waals surface area contributed by atoms with Crippen molar-refractivity contribution in [1.82, 2.24) is 0 Å². The first kappa shape index (κ1) is 34.2. The van der Waals surface area contributed by atoms with E-state index in [1.54, 1.807) is 0 Å². The van der Waals surface area contributed by atoms with Crippen LogP contribution in [0.4, 0.5) is 0 Å². The van der Waals surface area contributed by atoms with E-state index in [2.05, 4.69) is 41.5 Å². The lowest BCUT2D eigenvalue weighted by atomic mass is 9.35. The molecule has 0 bridgehead atoms. The van der Waals surface area contributed by atoms with E-state index in [0.29, 0.717) is 24.7 Å². The normalized spacial score (nSPS) is 44.2. The van der Waals surface area contributed by atoms with Crippen molar-refractivity contribution in [2.45, 2.75) is 169 Å². The molecule has 0 saturated heterocycles. The van der Waals surface area contributed by atoms with Crippen molar-refractivity contribution in [3.8, 4) is 0 Å². The molecule has 6 heteroatoms. The molecule has 244 valence electrons. The number of hydrogen-bond acceptors (Lipinski definition) is 6. The van der Waals surface area contributed by atoms with Crippen molar-refractivity contribution in [3.63, 3.8) is 0 Å². The number of rotatable bonds is 9. The largest absolute Gasteiger partial charge is 0.461 e. The van der Waals surface area contributed by atoms with Gasteiger partial charge in [-0.05, 0) is 131 Å². The third-order valence-corrected chi connectivity index (χ3v) is 14.4. The fourth-order valence-electron chi connectivity index (χ4n) is 11.4. The highest BCUT2D eigenvalue weighted by Crippen LogP contribution is 2.76. The number of fused-ring (bicyclic) bond motifs is 5. The smallest absolute Gasteiger partial charge is 0.323 e. The van der Waals surface area contributed by atoms with E-state index in [-0.39, 0.29) is 51.5 Å². The molecule has 4 aliphatic rings. The van der Waals surface area contributed by atoms with E-state index in [1.165, 1.54) is 0 Å². The van der Waals surface area contributed by atoms with Gasteiger partial charge in [0, 0.05) is 5.41 Å². The fraction of sp³-hybridized carbons (Fsp3) is 0.972. The van der Waals surface area contributed by atoms with Crippen molar-refractivity contribution in [2.75, 3.05) is 0 Å². The minimum absolute atomic E-state index is 0.0422. The third kappa shape index (κ3) is 5.51. The topological polar surface area (TPSA) is 113 Å². The van der Waals surface area contributed by atoms with Gasteiger partial charge in [-0.25, -0.2) is 0 Å². The highest BCUT2D eigenvalue weighted by Gasteiger charge is 2.71. The van der Waals surface area contributed by atoms with E-state index < -0.39 is 23.3 Å². The zero-order chi connectivity index (χ0) is 31.7. The predicted molar refractivity (Wildman–Crippen MR) is 168 cm³/mol. The summed E-state index contributed by atoms with van der Waals surface area (Å²) in [5.41, 5.74) is 4.56. The summed E-state index contributed by atoms with van der Waals surface area (Å²) in [6, 6.07) is -0.582. The summed E-state index contributed by atoms with van der Waals surface area (Å²) in [4.78, 5) is 13.0. The van der Waals surface area contributed by atoms with E-state index in [1.807, 2.05) is 27.7 Å². The first-order valence-corrected chi connectivity index (χ1v) is 17.2. The third-order valence-electron chi connectivity index (χ3n) is 14.4. The Morgan fingerprint density at radius 3 is 2.17 bits per heavy atom. The van der Waals surface area contributed by atoms with Crippen LogP contribution in [0.5, 0.6) is 0 Å². The number of esters is 1. The Balaban J connectivity index is 1.56.